The highest BCUT2D eigenvalue weighted by atomic mass is 35.5. The summed E-state index contributed by atoms with van der Waals surface area (Å²) in [6.07, 6.45) is 0. The molecule has 8 heteroatoms. The molecule has 0 bridgehead atoms. The Kier molecular flexibility index (Phi) is 6.79. The number of nitrogens with one attached hydrogen (secondary N) is 1. The third-order valence-electron chi connectivity index (χ3n) is 4.40. The summed E-state index contributed by atoms with van der Waals surface area (Å²) in [6, 6.07) is 20.0. The molecule has 0 saturated heterocycles. The average molecular weight is 465 g/mol. The number of esters is 1. The molecule has 160 valence electrons. The quantitative estimate of drug-likeness (QED) is 0.274. The highest BCUT2D eigenvalue weighted by molar-refractivity contribution is 7.07. The molecule has 1 N–H and O–H groups in total. The van der Waals surface area contributed by atoms with Gasteiger partial charge in [-0.1, -0.05) is 23.7 Å². The summed E-state index contributed by atoms with van der Waals surface area (Å²) >= 11 is 7.55. The number of carbonyl (C=O) groups excluding carboxylic acids is 2. The van der Waals surface area contributed by atoms with Gasteiger partial charge in [0.25, 0.3) is 5.91 Å². The van der Waals surface area contributed by atoms with E-state index in [9.17, 15) is 9.59 Å². The molecule has 0 spiro atoms. The van der Waals surface area contributed by atoms with E-state index in [0.29, 0.717) is 39.9 Å². The van der Waals surface area contributed by atoms with Gasteiger partial charge in [0.2, 0.25) is 0 Å². The number of aromatic nitrogens is 1. The van der Waals surface area contributed by atoms with E-state index in [1.54, 1.807) is 78.3 Å². The number of rotatable bonds is 7. The molecule has 0 fully saturated rings. The topological polar surface area (TPSA) is 77.5 Å². The zero-order valence-electron chi connectivity index (χ0n) is 16.7. The number of hydrogen-bond acceptors (Lipinski definition) is 6. The van der Waals surface area contributed by atoms with Crippen LogP contribution < -0.4 is 14.8 Å². The summed E-state index contributed by atoms with van der Waals surface area (Å²) in [5.74, 6) is 0.170. The number of anilines is 1. The van der Waals surface area contributed by atoms with Crippen LogP contribution in [0.1, 0.15) is 26.4 Å². The van der Waals surface area contributed by atoms with E-state index >= 15 is 0 Å². The molecule has 1 aromatic heterocycles. The minimum atomic E-state index is -0.496. The monoisotopic (exact) mass is 464 g/mol. The zero-order chi connectivity index (χ0) is 22.3. The van der Waals surface area contributed by atoms with Crippen molar-refractivity contribution in [2.45, 2.75) is 6.61 Å². The molecule has 6 nitrogen and oxygen atoms in total. The van der Waals surface area contributed by atoms with Crippen LogP contribution in [0, 0.1) is 0 Å². The Balaban J connectivity index is 1.32. The van der Waals surface area contributed by atoms with Crippen LogP contribution in [0.15, 0.2) is 83.7 Å². The van der Waals surface area contributed by atoms with Crippen molar-refractivity contribution in [1.82, 2.24) is 4.98 Å². The summed E-state index contributed by atoms with van der Waals surface area (Å²) < 4.78 is 11.0. The van der Waals surface area contributed by atoms with Gasteiger partial charge in [0.05, 0.1) is 27.4 Å². The molecule has 4 aromatic rings. The van der Waals surface area contributed by atoms with Gasteiger partial charge >= 0.3 is 5.97 Å². The molecule has 4 rings (SSSR count). The van der Waals surface area contributed by atoms with Gasteiger partial charge in [-0.2, -0.15) is 0 Å². The number of nitrogens with zero attached hydrogens (tertiary/aromatic N) is 1. The number of benzene rings is 3. The van der Waals surface area contributed by atoms with Crippen molar-refractivity contribution in [2.75, 3.05) is 5.32 Å². The Labute approximate surface area is 193 Å². The van der Waals surface area contributed by atoms with E-state index in [-0.39, 0.29) is 5.91 Å². The molecule has 0 aliphatic heterocycles. The van der Waals surface area contributed by atoms with Crippen LogP contribution in [0.5, 0.6) is 11.5 Å². The fraction of sp³-hybridized carbons (Fsp3) is 0.0417. The molecular weight excluding hydrogens is 448 g/mol. The lowest BCUT2D eigenvalue weighted by Crippen LogP contribution is -2.12. The Bertz CT molecular complexity index is 1210. The molecule has 0 aliphatic carbocycles. The van der Waals surface area contributed by atoms with Crippen LogP contribution >= 0.6 is 22.9 Å². The highest BCUT2D eigenvalue weighted by Gasteiger charge is 2.11. The SMILES string of the molecule is O=C(Oc1ccc(NC(=O)c2ccccc2Cl)cc1)c1ccc(OCc2cscn2)cc1. The van der Waals surface area contributed by atoms with Crippen molar-refractivity contribution < 1.29 is 19.1 Å². The van der Waals surface area contributed by atoms with E-state index in [4.69, 9.17) is 21.1 Å². The maximum absolute atomic E-state index is 12.4. The second kappa shape index (κ2) is 10.1. The van der Waals surface area contributed by atoms with E-state index in [0.717, 1.165) is 5.69 Å². The summed E-state index contributed by atoms with van der Waals surface area (Å²) in [4.78, 5) is 28.9. The first kappa shape index (κ1) is 21.5. The first-order valence-corrected chi connectivity index (χ1v) is 10.9. The highest BCUT2D eigenvalue weighted by Crippen LogP contribution is 2.21. The lowest BCUT2D eigenvalue weighted by molar-refractivity contribution is 0.0734. The van der Waals surface area contributed by atoms with Crippen molar-refractivity contribution in [3.05, 3.63) is 106 Å². The standard InChI is InChI=1S/C24H17ClN2O4S/c25-22-4-2-1-3-21(22)23(28)27-17-7-11-20(12-8-17)31-24(29)16-5-9-19(10-6-16)30-13-18-14-32-15-26-18/h1-12,14-15H,13H2,(H,27,28). The van der Waals surface area contributed by atoms with E-state index in [1.807, 2.05) is 5.38 Å². The van der Waals surface area contributed by atoms with Crippen molar-refractivity contribution >= 4 is 40.5 Å². The maximum atomic E-state index is 12.4. The third-order valence-corrected chi connectivity index (χ3v) is 5.37. The van der Waals surface area contributed by atoms with Crippen LogP contribution in [-0.2, 0) is 6.61 Å². The van der Waals surface area contributed by atoms with Gasteiger partial charge in [0, 0.05) is 11.1 Å². The van der Waals surface area contributed by atoms with Crippen LogP contribution in [0.4, 0.5) is 5.69 Å². The first-order valence-electron chi connectivity index (χ1n) is 9.56. The third kappa shape index (κ3) is 5.51. The van der Waals surface area contributed by atoms with Crippen LogP contribution in [0.3, 0.4) is 0 Å². The normalized spacial score (nSPS) is 10.4. The summed E-state index contributed by atoms with van der Waals surface area (Å²) in [5, 5.41) is 5.04. The molecule has 0 atom stereocenters. The molecule has 1 heterocycles. The fourth-order valence-corrected chi connectivity index (χ4v) is 3.53. The number of carbonyl (C=O) groups is 2. The first-order chi connectivity index (χ1) is 15.6. The number of hydrogen-bond donors (Lipinski definition) is 1. The number of thiazole rings is 1. The number of halogens is 1. The van der Waals surface area contributed by atoms with Crippen LogP contribution in [0.2, 0.25) is 5.02 Å². The van der Waals surface area contributed by atoms with Crippen LogP contribution in [-0.4, -0.2) is 16.9 Å². The van der Waals surface area contributed by atoms with Gasteiger partial charge in [-0.15, -0.1) is 11.3 Å². The second-order valence-electron chi connectivity index (χ2n) is 6.64. The van der Waals surface area contributed by atoms with Crippen molar-refractivity contribution in [2.24, 2.45) is 0 Å². The number of ether oxygens (including phenoxy) is 2. The Hall–Kier alpha value is -3.68. The summed E-state index contributed by atoms with van der Waals surface area (Å²) in [6.45, 7) is 0.368. The lowest BCUT2D eigenvalue weighted by Gasteiger charge is -2.09. The molecular formula is C24H17ClN2O4S. The van der Waals surface area contributed by atoms with Gasteiger partial charge in [0.15, 0.2) is 0 Å². The molecule has 0 unspecified atom stereocenters. The molecule has 0 aliphatic rings. The van der Waals surface area contributed by atoms with E-state index < -0.39 is 5.97 Å². The lowest BCUT2D eigenvalue weighted by atomic mass is 10.2. The van der Waals surface area contributed by atoms with Gasteiger partial charge < -0.3 is 14.8 Å². The van der Waals surface area contributed by atoms with Crippen molar-refractivity contribution in [1.29, 1.82) is 0 Å². The van der Waals surface area contributed by atoms with Gasteiger partial charge in [-0.3, -0.25) is 4.79 Å². The zero-order valence-corrected chi connectivity index (χ0v) is 18.2. The second-order valence-corrected chi connectivity index (χ2v) is 7.77. The average Bonchev–Trinajstić information content (AvgIpc) is 3.33. The predicted molar refractivity (Wildman–Crippen MR) is 124 cm³/mol. The van der Waals surface area contributed by atoms with Gasteiger partial charge in [0.1, 0.15) is 18.1 Å². The van der Waals surface area contributed by atoms with Crippen molar-refractivity contribution in [3.8, 4) is 11.5 Å². The molecule has 0 saturated carbocycles. The number of amides is 1. The van der Waals surface area contributed by atoms with Crippen LogP contribution in [0.25, 0.3) is 0 Å². The Morgan fingerprint density at radius 3 is 2.34 bits per heavy atom. The van der Waals surface area contributed by atoms with E-state index in [1.165, 1.54) is 11.3 Å². The predicted octanol–water partition coefficient (Wildman–Crippen LogP) is 5.85. The van der Waals surface area contributed by atoms with E-state index in [2.05, 4.69) is 10.3 Å². The van der Waals surface area contributed by atoms with Crippen molar-refractivity contribution in [3.63, 3.8) is 0 Å². The maximum Gasteiger partial charge on any atom is 0.343 e. The smallest absolute Gasteiger partial charge is 0.343 e. The molecule has 0 radical (unpaired) electrons. The largest absolute Gasteiger partial charge is 0.487 e. The minimum absolute atomic E-state index is 0.322. The Morgan fingerprint density at radius 1 is 0.938 bits per heavy atom. The molecule has 32 heavy (non-hydrogen) atoms. The molecule has 1 amide bonds. The minimum Gasteiger partial charge on any atom is -0.487 e. The summed E-state index contributed by atoms with van der Waals surface area (Å²) in [5.41, 5.74) is 3.92. The van der Waals surface area contributed by atoms with Gasteiger partial charge in [-0.25, -0.2) is 9.78 Å². The summed E-state index contributed by atoms with van der Waals surface area (Å²) in [7, 11) is 0. The Morgan fingerprint density at radius 2 is 1.66 bits per heavy atom. The van der Waals surface area contributed by atoms with Gasteiger partial charge in [-0.05, 0) is 60.7 Å². The molecule has 3 aromatic carbocycles. The fourth-order valence-electron chi connectivity index (χ4n) is 2.77.